The van der Waals surface area contributed by atoms with Crippen molar-refractivity contribution >= 4 is 22.4 Å². The maximum atomic E-state index is 14.0. The summed E-state index contributed by atoms with van der Waals surface area (Å²) in [7, 11) is -0.160. The minimum atomic E-state index is -1.65. The van der Waals surface area contributed by atoms with Crippen molar-refractivity contribution in [2.45, 2.75) is 23.0 Å². The van der Waals surface area contributed by atoms with E-state index in [1.54, 1.807) is 18.2 Å². The minimum Gasteiger partial charge on any atom is -0.496 e. The molecule has 0 saturated heterocycles. The molecule has 0 aliphatic heterocycles. The van der Waals surface area contributed by atoms with E-state index in [9.17, 15) is 13.8 Å². The summed E-state index contributed by atoms with van der Waals surface area (Å²) in [6.45, 7) is 1.96. The smallest absolute Gasteiger partial charge is 0.187 e. The van der Waals surface area contributed by atoms with Crippen molar-refractivity contribution in [3.63, 3.8) is 0 Å². The Bertz CT molecular complexity index is 1070. The lowest BCUT2D eigenvalue weighted by Gasteiger charge is -2.42. The molecule has 1 saturated carbocycles. The third kappa shape index (κ3) is 2.03. The van der Waals surface area contributed by atoms with Gasteiger partial charge in [-0.25, -0.2) is 0 Å². The summed E-state index contributed by atoms with van der Waals surface area (Å²) < 4.78 is 18.1. The average Bonchev–Trinajstić information content (AvgIpc) is 3.32. The van der Waals surface area contributed by atoms with Gasteiger partial charge in [0.05, 0.1) is 29.4 Å². The highest BCUT2D eigenvalue weighted by Crippen LogP contribution is 2.59. The second-order valence-corrected chi connectivity index (χ2v) is 9.50. The van der Waals surface area contributed by atoms with E-state index >= 15 is 0 Å². The van der Waals surface area contributed by atoms with Gasteiger partial charge in [-0.3, -0.25) is 13.8 Å². The number of aryl methyl sites for hydroxylation is 1. The lowest BCUT2D eigenvalue weighted by molar-refractivity contribution is 0.0749. The van der Waals surface area contributed by atoms with Crippen molar-refractivity contribution in [1.29, 1.82) is 0 Å². The SMILES string of the molecule is COc1cccc2c1C(=O)[C@]1([S@@](=O)c3ccc(C)cc3)[C@H](C2=O)[C@@H]2C=C[C@H]1C2. The first-order chi connectivity index (χ1) is 13.5. The summed E-state index contributed by atoms with van der Waals surface area (Å²) in [5.74, 6) is -0.779. The first-order valence-corrected chi connectivity index (χ1v) is 10.6. The predicted octanol–water partition coefficient (Wildman–Crippen LogP) is 3.75. The number of allylic oxidation sites excluding steroid dienone is 2. The molecule has 0 spiro atoms. The Balaban J connectivity index is 1.77. The Hall–Kier alpha value is -2.53. The van der Waals surface area contributed by atoms with Crippen LogP contribution in [0.5, 0.6) is 5.75 Å². The molecule has 4 nitrogen and oxygen atoms in total. The van der Waals surface area contributed by atoms with E-state index in [2.05, 4.69) is 0 Å². The predicted molar refractivity (Wildman–Crippen MR) is 106 cm³/mol. The molecule has 0 N–H and O–H groups in total. The number of hydrogen-bond acceptors (Lipinski definition) is 4. The summed E-state index contributed by atoms with van der Waals surface area (Å²) >= 11 is 0. The van der Waals surface area contributed by atoms with Crippen molar-refractivity contribution in [3.05, 3.63) is 71.3 Å². The molecule has 3 aliphatic carbocycles. The number of methoxy groups -OCH3 is 1. The number of benzene rings is 2. The number of carbonyl (C=O) groups excluding carboxylic acids is 2. The summed E-state index contributed by atoms with van der Waals surface area (Å²) in [4.78, 5) is 28.1. The van der Waals surface area contributed by atoms with Gasteiger partial charge in [0.15, 0.2) is 11.6 Å². The van der Waals surface area contributed by atoms with Crippen LogP contribution in [-0.4, -0.2) is 27.6 Å². The lowest BCUT2D eigenvalue weighted by atomic mass is 9.68. The highest BCUT2D eigenvalue weighted by atomic mass is 32.2. The largest absolute Gasteiger partial charge is 0.496 e. The maximum absolute atomic E-state index is 14.0. The summed E-state index contributed by atoms with van der Waals surface area (Å²) in [6, 6.07) is 12.5. The van der Waals surface area contributed by atoms with Crippen molar-refractivity contribution in [2.24, 2.45) is 17.8 Å². The third-order valence-corrected chi connectivity index (χ3v) is 8.53. The molecule has 2 aromatic rings. The Morgan fingerprint density at radius 3 is 2.54 bits per heavy atom. The molecule has 0 radical (unpaired) electrons. The van der Waals surface area contributed by atoms with Gasteiger partial charge in [0, 0.05) is 16.4 Å². The average molecular weight is 392 g/mol. The van der Waals surface area contributed by atoms with Crippen molar-refractivity contribution in [2.75, 3.05) is 7.11 Å². The van der Waals surface area contributed by atoms with Crippen LogP contribution in [0.25, 0.3) is 0 Å². The van der Waals surface area contributed by atoms with E-state index in [0.717, 1.165) is 5.56 Å². The molecule has 28 heavy (non-hydrogen) atoms. The van der Waals surface area contributed by atoms with Crippen LogP contribution in [0.1, 0.15) is 32.7 Å². The highest BCUT2D eigenvalue weighted by molar-refractivity contribution is 7.87. The first-order valence-electron chi connectivity index (χ1n) is 9.43. The molecule has 0 aromatic heterocycles. The van der Waals surface area contributed by atoms with E-state index in [4.69, 9.17) is 4.74 Å². The van der Waals surface area contributed by atoms with Gasteiger partial charge in [-0.2, -0.15) is 0 Å². The zero-order valence-electron chi connectivity index (χ0n) is 15.7. The number of carbonyl (C=O) groups is 2. The van der Waals surface area contributed by atoms with E-state index < -0.39 is 21.5 Å². The van der Waals surface area contributed by atoms with Gasteiger partial charge >= 0.3 is 0 Å². The first kappa shape index (κ1) is 17.6. The molecule has 142 valence electrons. The van der Waals surface area contributed by atoms with Crippen LogP contribution in [0.2, 0.25) is 0 Å². The second-order valence-electron chi connectivity index (χ2n) is 7.82. The van der Waals surface area contributed by atoms with Crippen LogP contribution in [0.15, 0.2) is 59.5 Å². The molecule has 0 heterocycles. The molecule has 5 atom stereocenters. The number of rotatable bonds is 3. The van der Waals surface area contributed by atoms with Gasteiger partial charge < -0.3 is 4.74 Å². The number of ether oxygens (including phenoxy) is 1. The highest BCUT2D eigenvalue weighted by Gasteiger charge is 2.69. The van der Waals surface area contributed by atoms with Gasteiger partial charge in [0.1, 0.15) is 10.5 Å². The molecule has 5 heteroatoms. The third-order valence-electron chi connectivity index (χ3n) is 6.48. The number of Topliss-reactive ketones (excluding diaryl/α,β-unsaturated/α-hetero) is 2. The number of fused-ring (bicyclic) bond motifs is 6. The fourth-order valence-electron chi connectivity index (χ4n) is 5.24. The fraction of sp³-hybridized carbons (Fsp3) is 0.304. The Kier molecular flexibility index (Phi) is 3.75. The normalized spacial score (nSPS) is 30.9. The standard InChI is InChI=1S/C23H20O4S/c1-13-6-10-16(11-7-13)28(26)23-15-9-8-14(12-15)20(23)21(24)17-4-3-5-18(27-2)19(17)22(23)25/h3-11,14-15,20H,12H2,1-2H3/t14-,15+,20+,23-,28+/m1/s1. The van der Waals surface area contributed by atoms with Crippen LogP contribution in [0.3, 0.4) is 0 Å². The van der Waals surface area contributed by atoms with Crippen LogP contribution < -0.4 is 4.74 Å². The minimum absolute atomic E-state index is 0.0461. The van der Waals surface area contributed by atoms with Crippen LogP contribution in [0.4, 0.5) is 0 Å². The topological polar surface area (TPSA) is 60.4 Å². The Labute approximate surface area is 166 Å². The van der Waals surface area contributed by atoms with E-state index in [1.165, 1.54) is 7.11 Å². The van der Waals surface area contributed by atoms with Gasteiger partial charge in [0.25, 0.3) is 0 Å². The molecule has 5 rings (SSSR count). The van der Waals surface area contributed by atoms with Gasteiger partial charge in [-0.15, -0.1) is 0 Å². The number of hydrogen-bond donors (Lipinski definition) is 0. The lowest BCUT2D eigenvalue weighted by Crippen LogP contribution is -2.58. The van der Waals surface area contributed by atoms with Crippen molar-refractivity contribution in [3.8, 4) is 5.75 Å². The van der Waals surface area contributed by atoms with Gasteiger partial charge in [-0.1, -0.05) is 42.0 Å². The zero-order chi connectivity index (χ0) is 19.6. The molecule has 2 aromatic carbocycles. The Morgan fingerprint density at radius 1 is 1.07 bits per heavy atom. The van der Waals surface area contributed by atoms with Gasteiger partial charge in [-0.05, 0) is 37.5 Å². The quantitative estimate of drug-likeness (QED) is 0.747. The summed E-state index contributed by atoms with van der Waals surface area (Å²) in [5, 5.41) is 0. The van der Waals surface area contributed by atoms with Crippen LogP contribution >= 0.6 is 0 Å². The van der Waals surface area contributed by atoms with E-state index in [-0.39, 0.29) is 29.0 Å². The molecule has 0 amide bonds. The molecular formula is C23H20O4S. The number of ketones is 2. The molecule has 1 fully saturated rings. The zero-order valence-corrected chi connectivity index (χ0v) is 16.5. The summed E-state index contributed by atoms with van der Waals surface area (Å²) in [6.07, 6.45) is 4.70. The van der Waals surface area contributed by atoms with Crippen molar-refractivity contribution in [1.82, 2.24) is 0 Å². The van der Waals surface area contributed by atoms with Crippen molar-refractivity contribution < 1.29 is 18.5 Å². The summed E-state index contributed by atoms with van der Waals surface area (Å²) in [5.41, 5.74) is 1.74. The molecule has 3 aliphatic rings. The van der Waals surface area contributed by atoms with Crippen LogP contribution in [0, 0.1) is 24.7 Å². The monoisotopic (exact) mass is 392 g/mol. The van der Waals surface area contributed by atoms with Crippen LogP contribution in [-0.2, 0) is 10.8 Å². The molecule has 0 unspecified atom stereocenters. The fourth-order valence-corrected chi connectivity index (χ4v) is 7.24. The second kappa shape index (κ2) is 5.98. The van der Waals surface area contributed by atoms with E-state index in [0.29, 0.717) is 22.6 Å². The molecule has 2 bridgehead atoms. The van der Waals surface area contributed by atoms with Gasteiger partial charge in [0.2, 0.25) is 0 Å². The Morgan fingerprint density at radius 2 is 1.82 bits per heavy atom. The maximum Gasteiger partial charge on any atom is 0.187 e. The molecular weight excluding hydrogens is 372 g/mol. The van der Waals surface area contributed by atoms with E-state index in [1.807, 2.05) is 43.3 Å².